The lowest BCUT2D eigenvalue weighted by atomic mass is 10.0. The molecule has 0 aliphatic carbocycles. The second-order valence-electron chi connectivity index (χ2n) is 4.78. The highest BCUT2D eigenvalue weighted by Crippen LogP contribution is 2.32. The number of nitrogens with zero attached hydrogens (tertiary/aromatic N) is 1. The zero-order chi connectivity index (χ0) is 14.5. The van der Waals surface area contributed by atoms with E-state index in [1.807, 2.05) is 6.07 Å². The molecule has 108 valence electrons. The van der Waals surface area contributed by atoms with Crippen LogP contribution in [-0.2, 0) is 11.2 Å². The summed E-state index contributed by atoms with van der Waals surface area (Å²) in [6.45, 7) is 4.78. The number of carbonyl (C=O) groups excluding carboxylic acids is 1. The van der Waals surface area contributed by atoms with Crippen LogP contribution in [0.4, 0.5) is 5.69 Å². The van der Waals surface area contributed by atoms with Crippen LogP contribution in [0, 0.1) is 0 Å². The third kappa shape index (κ3) is 3.78. The minimum absolute atomic E-state index is 0.114. The smallest absolute Gasteiger partial charge is 0.227 e. The normalized spacial score (nSPS) is 14.3. The molecule has 0 fully saturated rings. The molecule has 1 aliphatic heterocycles. The minimum Gasteiger partial charge on any atom is -0.330 e. The number of fused-ring (bicyclic) bond motifs is 1. The van der Waals surface area contributed by atoms with Crippen molar-refractivity contribution in [3.05, 3.63) is 35.4 Å². The number of amides is 1. The van der Waals surface area contributed by atoms with Crippen LogP contribution >= 0.6 is 23.4 Å². The Hall–Kier alpha value is -0.970. The predicted octanol–water partition coefficient (Wildman–Crippen LogP) is 3.16. The summed E-state index contributed by atoms with van der Waals surface area (Å²) >= 11 is 7.66. The minimum atomic E-state index is 0.114. The largest absolute Gasteiger partial charge is 0.330 e. The summed E-state index contributed by atoms with van der Waals surface area (Å²) in [5.41, 5.74) is 7.68. The summed E-state index contributed by atoms with van der Waals surface area (Å²) in [4.78, 5) is 15.0. The molecular formula is C15H19ClN2OS. The number of thioether (sulfide) groups is 1. The Morgan fingerprint density at radius 2 is 2.25 bits per heavy atom. The molecule has 0 atom stereocenters. The van der Waals surface area contributed by atoms with Gasteiger partial charge >= 0.3 is 0 Å². The van der Waals surface area contributed by atoms with E-state index < -0.39 is 0 Å². The third-order valence-electron chi connectivity index (χ3n) is 3.20. The molecule has 1 heterocycles. The maximum Gasteiger partial charge on any atom is 0.227 e. The second-order valence-corrected chi connectivity index (χ2v) is 6.48. The summed E-state index contributed by atoms with van der Waals surface area (Å²) in [7, 11) is 0. The average Bonchev–Trinajstić information content (AvgIpc) is 2.42. The van der Waals surface area contributed by atoms with Gasteiger partial charge in [-0.3, -0.25) is 4.79 Å². The molecule has 0 spiro atoms. The van der Waals surface area contributed by atoms with Gasteiger partial charge in [-0.15, -0.1) is 11.8 Å². The zero-order valence-electron chi connectivity index (χ0n) is 11.4. The van der Waals surface area contributed by atoms with Crippen LogP contribution in [0.25, 0.3) is 0 Å². The first-order valence-electron chi connectivity index (χ1n) is 6.71. The van der Waals surface area contributed by atoms with Crippen LogP contribution in [0.5, 0.6) is 0 Å². The van der Waals surface area contributed by atoms with E-state index in [1.54, 1.807) is 16.7 Å². The Morgan fingerprint density at radius 1 is 1.45 bits per heavy atom. The zero-order valence-corrected chi connectivity index (χ0v) is 13.0. The van der Waals surface area contributed by atoms with Crippen molar-refractivity contribution in [3.8, 4) is 0 Å². The molecule has 0 radical (unpaired) electrons. The van der Waals surface area contributed by atoms with E-state index in [0.29, 0.717) is 18.0 Å². The fraction of sp³-hybridized carbons (Fsp3) is 0.400. The van der Waals surface area contributed by atoms with Crippen molar-refractivity contribution in [1.82, 2.24) is 0 Å². The van der Waals surface area contributed by atoms with Crippen LogP contribution in [0.1, 0.15) is 18.4 Å². The molecule has 1 aromatic carbocycles. The van der Waals surface area contributed by atoms with Crippen molar-refractivity contribution in [3.63, 3.8) is 0 Å². The number of carbonyl (C=O) groups is 1. The molecule has 0 saturated carbocycles. The molecule has 1 aromatic rings. The molecule has 0 aromatic heterocycles. The average molecular weight is 311 g/mol. The lowest BCUT2D eigenvalue weighted by Crippen LogP contribution is -2.35. The fourth-order valence-corrected chi connectivity index (χ4v) is 3.30. The highest BCUT2D eigenvalue weighted by Gasteiger charge is 2.24. The van der Waals surface area contributed by atoms with Gasteiger partial charge in [0.2, 0.25) is 5.91 Å². The van der Waals surface area contributed by atoms with Gasteiger partial charge in [0.05, 0.1) is 6.54 Å². The van der Waals surface area contributed by atoms with Crippen LogP contribution in [0.2, 0.25) is 0 Å². The molecule has 1 amide bonds. The van der Waals surface area contributed by atoms with Gasteiger partial charge in [0.15, 0.2) is 0 Å². The summed E-state index contributed by atoms with van der Waals surface area (Å²) in [6.07, 6.45) is 2.34. The van der Waals surface area contributed by atoms with Crippen molar-refractivity contribution in [1.29, 1.82) is 0 Å². The SMILES string of the molecule is C=C(Cl)CN1C(=O)CCc2cc(SCCCN)ccc21. The van der Waals surface area contributed by atoms with E-state index in [-0.39, 0.29) is 5.91 Å². The van der Waals surface area contributed by atoms with Gasteiger partial charge in [-0.05, 0) is 48.9 Å². The number of benzene rings is 1. The molecule has 5 heteroatoms. The van der Waals surface area contributed by atoms with Crippen LogP contribution in [0.3, 0.4) is 0 Å². The molecule has 0 saturated heterocycles. The number of aryl methyl sites for hydroxylation is 1. The fourth-order valence-electron chi connectivity index (χ4n) is 2.24. The molecular weight excluding hydrogens is 292 g/mol. The van der Waals surface area contributed by atoms with Gasteiger partial charge in [-0.25, -0.2) is 0 Å². The van der Waals surface area contributed by atoms with Crippen molar-refractivity contribution in [2.75, 3.05) is 23.7 Å². The second kappa shape index (κ2) is 7.16. The Morgan fingerprint density at radius 3 is 2.95 bits per heavy atom. The molecule has 2 N–H and O–H groups in total. The number of rotatable bonds is 6. The quantitative estimate of drug-likeness (QED) is 0.648. The van der Waals surface area contributed by atoms with E-state index in [2.05, 4.69) is 18.7 Å². The van der Waals surface area contributed by atoms with Crippen molar-refractivity contribution in [2.45, 2.75) is 24.2 Å². The van der Waals surface area contributed by atoms with E-state index in [4.69, 9.17) is 17.3 Å². The van der Waals surface area contributed by atoms with E-state index in [1.165, 1.54) is 10.5 Å². The molecule has 20 heavy (non-hydrogen) atoms. The number of hydrogen-bond acceptors (Lipinski definition) is 3. The van der Waals surface area contributed by atoms with Gasteiger partial charge in [0, 0.05) is 22.0 Å². The Kier molecular flexibility index (Phi) is 5.52. The number of hydrogen-bond donors (Lipinski definition) is 1. The highest BCUT2D eigenvalue weighted by atomic mass is 35.5. The Bertz CT molecular complexity index is 519. The summed E-state index contributed by atoms with van der Waals surface area (Å²) < 4.78 is 0. The number of halogens is 1. The van der Waals surface area contributed by atoms with E-state index >= 15 is 0 Å². The first kappa shape index (κ1) is 15.4. The van der Waals surface area contributed by atoms with Crippen molar-refractivity contribution in [2.24, 2.45) is 5.73 Å². The van der Waals surface area contributed by atoms with Gasteiger partial charge in [0.1, 0.15) is 0 Å². The van der Waals surface area contributed by atoms with E-state index in [0.717, 1.165) is 30.8 Å². The molecule has 0 unspecified atom stereocenters. The van der Waals surface area contributed by atoms with Crippen LogP contribution in [0.15, 0.2) is 34.7 Å². The lowest BCUT2D eigenvalue weighted by molar-refractivity contribution is -0.118. The summed E-state index contributed by atoms with van der Waals surface area (Å²) in [5, 5.41) is 0.479. The molecule has 0 bridgehead atoms. The maximum absolute atomic E-state index is 12.0. The number of nitrogens with two attached hydrogens (primary N) is 1. The van der Waals surface area contributed by atoms with Crippen LogP contribution in [-0.4, -0.2) is 24.7 Å². The van der Waals surface area contributed by atoms with E-state index in [9.17, 15) is 4.79 Å². The third-order valence-corrected chi connectivity index (χ3v) is 4.40. The molecule has 1 aliphatic rings. The summed E-state index contributed by atoms with van der Waals surface area (Å²) in [5.74, 6) is 1.14. The lowest BCUT2D eigenvalue weighted by Gasteiger charge is -2.29. The van der Waals surface area contributed by atoms with Crippen LogP contribution < -0.4 is 10.6 Å². The number of anilines is 1. The molecule has 3 nitrogen and oxygen atoms in total. The van der Waals surface area contributed by atoms with Gasteiger partial charge < -0.3 is 10.6 Å². The molecule has 2 rings (SSSR count). The maximum atomic E-state index is 12.0. The topological polar surface area (TPSA) is 46.3 Å². The first-order valence-corrected chi connectivity index (χ1v) is 8.07. The van der Waals surface area contributed by atoms with Gasteiger partial charge in [-0.2, -0.15) is 0 Å². The monoisotopic (exact) mass is 310 g/mol. The Labute approximate surface area is 129 Å². The van der Waals surface area contributed by atoms with Gasteiger partial charge in [-0.1, -0.05) is 18.2 Å². The van der Waals surface area contributed by atoms with Crippen molar-refractivity contribution >= 4 is 35.0 Å². The standard InChI is InChI=1S/C15H19ClN2OS/c1-11(16)10-18-14-5-4-13(20-8-2-7-17)9-12(14)3-6-15(18)19/h4-5,9H,1-3,6-8,10,17H2. The predicted molar refractivity (Wildman–Crippen MR) is 86.5 cm³/mol. The summed E-state index contributed by atoms with van der Waals surface area (Å²) in [6, 6.07) is 6.24. The highest BCUT2D eigenvalue weighted by molar-refractivity contribution is 7.99. The Balaban J connectivity index is 2.17. The van der Waals surface area contributed by atoms with Gasteiger partial charge in [0.25, 0.3) is 0 Å². The van der Waals surface area contributed by atoms with Crippen molar-refractivity contribution < 1.29 is 4.79 Å². The first-order chi connectivity index (χ1) is 9.61.